The maximum Gasteiger partial charge on any atom is 0.227 e. The van der Waals surface area contributed by atoms with Gasteiger partial charge in [-0.05, 0) is 25.8 Å². The second-order valence-electron chi connectivity index (χ2n) is 5.13. The molecule has 4 N–H and O–H groups in total. The minimum Gasteiger partial charge on any atom is -0.394 e. The lowest BCUT2D eigenvalue weighted by molar-refractivity contribution is -0.129. The molecule has 100 valence electrons. The molecule has 0 fully saturated rings. The fourth-order valence-corrected chi connectivity index (χ4v) is 1.53. The van der Waals surface area contributed by atoms with E-state index < -0.39 is 5.41 Å². The predicted molar refractivity (Wildman–Crippen MR) is 72.0 cm³/mol. The molecule has 0 aliphatic heterocycles. The van der Waals surface area contributed by atoms with Crippen LogP contribution in [-0.4, -0.2) is 30.2 Å². The molecule has 0 aromatic heterocycles. The molecule has 1 aromatic rings. The molecule has 1 unspecified atom stereocenters. The van der Waals surface area contributed by atoms with Gasteiger partial charge in [-0.15, -0.1) is 0 Å². The number of benzene rings is 1. The molecule has 0 saturated carbocycles. The van der Waals surface area contributed by atoms with Gasteiger partial charge in [-0.25, -0.2) is 0 Å². The third kappa shape index (κ3) is 4.13. The first-order chi connectivity index (χ1) is 8.49. The summed E-state index contributed by atoms with van der Waals surface area (Å²) in [7, 11) is 0. The van der Waals surface area contributed by atoms with Gasteiger partial charge < -0.3 is 16.2 Å². The lowest BCUT2D eigenvalue weighted by Crippen LogP contribution is -2.48. The molecule has 4 heteroatoms. The van der Waals surface area contributed by atoms with Crippen molar-refractivity contribution in [2.75, 3.05) is 13.2 Å². The quantitative estimate of drug-likeness (QED) is 0.695. The minimum absolute atomic E-state index is 0.0821. The van der Waals surface area contributed by atoms with Crippen LogP contribution in [0.25, 0.3) is 0 Å². The molecule has 0 aliphatic carbocycles. The highest BCUT2D eigenvalue weighted by Crippen LogP contribution is 2.13. The minimum atomic E-state index is -0.607. The summed E-state index contributed by atoms with van der Waals surface area (Å²) in [5.74, 6) is -0.125. The van der Waals surface area contributed by atoms with Gasteiger partial charge in [-0.2, -0.15) is 0 Å². The van der Waals surface area contributed by atoms with E-state index in [0.29, 0.717) is 6.42 Å². The van der Waals surface area contributed by atoms with Gasteiger partial charge in [0.2, 0.25) is 5.91 Å². The summed E-state index contributed by atoms with van der Waals surface area (Å²) in [5.41, 5.74) is 6.03. The predicted octanol–water partition coefficient (Wildman–Crippen LogP) is 0.691. The molecule has 0 heterocycles. The maximum absolute atomic E-state index is 12.0. The molecule has 1 atom stereocenters. The van der Waals surface area contributed by atoms with Crippen molar-refractivity contribution in [3.63, 3.8) is 0 Å². The number of aliphatic hydroxyl groups is 1. The van der Waals surface area contributed by atoms with Crippen molar-refractivity contribution in [1.29, 1.82) is 0 Å². The summed E-state index contributed by atoms with van der Waals surface area (Å²) in [5, 5.41) is 12.2. The van der Waals surface area contributed by atoms with E-state index in [1.54, 1.807) is 13.8 Å². The Hall–Kier alpha value is -1.39. The Bertz CT molecular complexity index is 377. The Balaban J connectivity index is 2.60. The van der Waals surface area contributed by atoms with E-state index >= 15 is 0 Å². The lowest BCUT2D eigenvalue weighted by atomic mass is 9.92. The average Bonchev–Trinajstić information content (AvgIpc) is 2.38. The number of carbonyl (C=O) groups excluding carboxylic acids is 1. The van der Waals surface area contributed by atoms with E-state index in [4.69, 9.17) is 5.73 Å². The summed E-state index contributed by atoms with van der Waals surface area (Å²) < 4.78 is 0. The lowest BCUT2D eigenvalue weighted by Gasteiger charge is -2.25. The summed E-state index contributed by atoms with van der Waals surface area (Å²) >= 11 is 0. The van der Waals surface area contributed by atoms with Gasteiger partial charge in [0.05, 0.1) is 18.1 Å². The van der Waals surface area contributed by atoms with Gasteiger partial charge in [0.1, 0.15) is 0 Å². The second-order valence-corrected chi connectivity index (χ2v) is 5.13. The third-order valence-electron chi connectivity index (χ3n) is 3.01. The van der Waals surface area contributed by atoms with E-state index in [1.807, 2.05) is 30.3 Å². The van der Waals surface area contributed by atoms with E-state index in [2.05, 4.69) is 5.32 Å². The molecule has 18 heavy (non-hydrogen) atoms. The summed E-state index contributed by atoms with van der Waals surface area (Å²) in [6, 6.07) is 9.50. The van der Waals surface area contributed by atoms with Crippen molar-refractivity contribution in [3.8, 4) is 0 Å². The Morgan fingerprint density at radius 2 is 2.00 bits per heavy atom. The van der Waals surface area contributed by atoms with Crippen LogP contribution < -0.4 is 11.1 Å². The Kier molecular flexibility index (Phi) is 5.31. The largest absolute Gasteiger partial charge is 0.394 e. The molecule has 0 radical (unpaired) electrons. The number of aliphatic hydroxyl groups excluding tert-OH is 1. The number of amides is 1. The average molecular weight is 250 g/mol. The normalized spacial score (nSPS) is 13.1. The van der Waals surface area contributed by atoms with Gasteiger partial charge in [-0.3, -0.25) is 4.79 Å². The Morgan fingerprint density at radius 3 is 2.50 bits per heavy atom. The molecule has 1 amide bonds. The third-order valence-corrected chi connectivity index (χ3v) is 3.01. The first-order valence-corrected chi connectivity index (χ1v) is 6.15. The van der Waals surface area contributed by atoms with E-state index in [9.17, 15) is 9.90 Å². The summed E-state index contributed by atoms with van der Waals surface area (Å²) in [4.78, 5) is 12.0. The molecule has 1 aromatic carbocycles. The smallest absolute Gasteiger partial charge is 0.227 e. The van der Waals surface area contributed by atoms with Crippen molar-refractivity contribution in [2.45, 2.75) is 26.3 Å². The van der Waals surface area contributed by atoms with E-state index in [-0.39, 0.29) is 25.1 Å². The molecule has 0 saturated heterocycles. The van der Waals surface area contributed by atoms with Crippen molar-refractivity contribution in [2.24, 2.45) is 11.1 Å². The van der Waals surface area contributed by atoms with E-state index in [1.165, 1.54) is 0 Å². The number of hydrogen-bond acceptors (Lipinski definition) is 3. The maximum atomic E-state index is 12.0. The van der Waals surface area contributed by atoms with Crippen LogP contribution in [0.4, 0.5) is 0 Å². The molecule has 1 rings (SSSR count). The Morgan fingerprint density at radius 1 is 1.39 bits per heavy atom. The SMILES string of the molecule is CC(C)(CN)C(=O)NC(CO)Cc1ccccc1. The number of rotatable bonds is 6. The van der Waals surface area contributed by atoms with Gasteiger partial charge in [0.15, 0.2) is 0 Å². The standard InChI is InChI=1S/C14H22N2O2/c1-14(2,10-15)13(18)16-12(9-17)8-11-6-4-3-5-7-11/h3-7,12,17H,8-10,15H2,1-2H3,(H,16,18). The number of nitrogens with one attached hydrogen (secondary N) is 1. The number of carbonyl (C=O) groups is 1. The molecular weight excluding hydrogens is 228 g/mol. The zero-order valence-corrected chi connectivity index (χ0v) is 11.0. The number of hydrogen-bond donors (Lipinski definition) is 3. The fourth-order valence-electron chi connectivity index (χ4n) is 1.53. The summed E-state index contributed by atoms with van der Waals surface area (Å²) in [6.45, 7) is 3.78. The highest BCUT2D eigenvalue weighted by Gasteiger charge is 2.27. The Labute approximate surface area is 108 Å². The van der Waals surface area contributed by atoms with Crippen LogP contribution in [0, 0.1) is 5.41 Å². The van der Waals surface area contributed by atoms with Gasteiger partial charge >= 0.3 is 0 Å². The highest BCUT2D eigenvalue weighted by atomic mass is 16.3. The van der Waals surface area contributed by atoms with Crippen molar-refractivity contribution >= 4 is 5.91 Å². The monoisotopic (exact) mass is 250 g/mol. The van der Waals surface area contributed by atoms with E-state index in [0.717, 1.165) is 5.56 Å². The van der Waals surface area contributed by atoms with Crippen LogP contribution in [0.1, 0.15) is 19.4 Å². The van der Waals surface area contributed by atoms with Crippen LogP contribution in [0.15, 0.2) is 30.3 Å². The number of nitrogens with two attached hydrogens (primary N) is 1. The van der Waals surface area contributed by atoms with Crippen LogP contribution in [-0.2, 0) is 11.2 Å². The van der Waals surface area contributed by atoms with Crippen LogP contribution >= 0.6 is 0 Å². The van der Waals surface area contributed by atoms with Crippen LogP contribution in [0.2, 0.25) is 0 Å². The van der Waals surface area contributed by atoms with Gasteiger partial charge in [0, 0.05) is 6.54 Å². The van der Waals surface area contributed by atoms with Crippen LogP contribution in [0.5, 0.6) is 0 Å². The van der Waals surface area contributed by atoms with Crippen molar-refractivity contribution in [3.05, 3.63) is 35.9 Å². The molecule has 0 bridgehead atoms. The zero-order chi connectivity index (χ0) is 13.6. The molecule has 4 nitrogen and oxygen atoms in total. The topological polar surface area (TPSA) is 75.4 Å². The van der Waals surface area contributed by atoms with Crippen molar-refractivity contribution < 1.29 is 9.90 Å². The van der Waals surface area contributed by atoms with Crippen molar-refractivity contribution in [1.82, 2.24) is 5.32 Å². The molecular formula is C14H22N2O2. The highest BCUT2D eigenvalue weighted by molar-refractivity contribution is 5.82. The van der Waals surface area contributed by atoms with Gasteiger partial charge in [0.25, 0.3) is 0 Å². The molecule has 0 spiro atoms. The second kappa shape index (κ2) is 6.52. The van der Waals surface area contributed by atoms with Gasteiger partial charge in [-0.1, -0.05) is 30.3 Å². The molecule has 0 aliphatic rings. The van der Waals surface area contributed by atoms with Crippen LogP contribution in [0.3, 0.4) is 0 Å². The zero-order valence-electron chi connectivity index (χ0n) is 11.0. The first-order valence-electron chi connectivity index (χ1n) is 6.15. The fraction of sp³-hybridized carbons (Fsp3) is 0.500. The first kappa shape index (κ1) is 14.7. The summed E-state index contributed by atoms with van der Waals surface area (Å²) in [6.07, 6.45) is 0.615.